The minimum atomic E-state index is -2.45. The summed E-state index contributed by atoms with van der Waals surface area (Å²) < 4.78 is 10.4. The van der Waals surface area contributed by atoms with E-state index in [4.69, 9.17) is 56.3 Å². The first-order valence-electron chi connectivity index (χ1n) is 3.84. The molecule has 0 bridgehead atoms. The van der Waals surface area contributed by atoms with Crippen molar-refractivity contribution in [3.63, 3.8) is 0 Å². The second kappa shape index (κ2) is 12.0. The summed E-state index contributed by atoms with van der Waals surface area (Å²) in [5.41, 5.74) is -2.45. The molecule has 0 rings (SSSR count). The Balaban J connectivity index is 0. The molecule has 8 heteroatoms. The van der Waals surface area contributed by atoms with Gasteiger partial charge in [0, 0.05) is 11.8 Å². The van der Waals surface area contributed by atoms with Gasteiger partial charge in [-0.05, 0) is 12.8 Å². The summed E-state index contributed by atoms with van der Waals surface area (Å²) >= 11 is 20.9. The van der Waals surface area contributed by atoms with Gasteiger partial charge >= 0.3 is 29.6 Å². The molecule has 0 aliphatic carbocycles. The summed E-state index contributed by atoms with van der Waals surface area (Å²) in [5, 5.41) is 0. The van der Waals surface area contributed by atoms with E-state index in [-0.39, 0.29) is 29.6 Å². The number of alkyl halides is 2. The molecule has 0 spiro atoms. The summed E-state index contributed by atoms with van der Waals surface area (Å²) in [5.74, 6) is 1.10. The molecular weight excluding hydrogens is 293 g/mol. The largest absolute Gasteiger partial charge is 1.00 e. The van der Waals surface area contributed by atoms with Crippen molar-refractivity contribution in [2.75, 3.05) is 25.0 Å². The van der Waals surface area contributed by atoms with Crippen LogP contribution < -0.4 is 29.6 Å². The Morgan fingerprint density at radius 1 is 1.07 bits per heavy atom. The van der Waals surface area contributed by atoms with Crippen LogP contribution in [-0.4, -0.2) is 25.0 Å². The van der Waals surface area contributed by atoms with Crippen molar-refractivity contribution >= 4 is 53.0 Å². The van der Waals surface area contributed by atoms with Crippen LogP contribution in [-0.2, 0) is 33.1 Å². The Kier molecular flexibility index (Phi) is 16.1. The normalized spacial score (nSPS) is 11.1. The average Bonchev–Trinajstić information content (AvgIpc) is 2.05. The van der Waals surface area contributed by atoms with Crippen LogP contribution in [0.15, 0.2) is 0 Å². The van der Waals surface area contributed by atoms with E-state index in [1.165, 1.54) is 0 Å². The third-order valence-corrected chi connectivity index (χ3v) is 3.85. The summed E-state index contributed by atoms with van der Waals surface area (Å²) in [4.78, 5) is 0. The fourth-order valence-electron chi connectivity index (χ4n) is 0.499. The molecular formula is C6H12Cl2NaO2PS2. The number of halogens is 2. The standard InChI is InChI=1S/C6H13Cl2O2PS2.Na/c7-3-1-5-9-11(12,13)10-6-2-4-8;/h1-6H2,(H,12,13);/q;+1/p-1. The predicted octanol–water partition coefficient (Wildman–Crippen LogP) is 0.0528. The van der Waals surface area contributed by atoms with Gasteiger partial charge in [0.25, 0.3) is 0 Å². The van der Waals surface area contributed by atoms with E-state index in [2.05, 4.69) is 0 Å². The maximum Gasteiger partial charge on any atom is 1.00 e. The molecule has 0 radical (unpaired) electrons. The Bertz CT molecular complexity index is 162. The topological polar surface area (TPSA) is 18.5 Å². The third-order valence-electron chi connectivity index (χ3n) is 1.05. The number of hydrogen-bond acceptors (Lipinski definition) is 4. The van der Waals surface area contributed by atoms with Crippen molar-refractivity contribution in [2.45, 2.75) is 12.8 Å². The Morgan fingerprint density at radius 3 is 1.71 bits per heavy atom. The van der Waals surface area contributed by atoms with Crippen molar-refractivity contribution in [2.24, 2.45) is 0 Å². The summed E-state index contributed by atoms with van der Waals surface area (Å²) in [6.07, 6.45) is 1.49. The van der Waals surface area contributed by atoms with Crippen molar-refractivity contribution in [3.8, 4) is 0 Å². The summed E-state index contributed by atoms with van der Waals surface area (Å²) in [7, 11) is 0. The van der Waals surface area contributed by atoms with Crippen molar-refractivity contribution in [3.05, 3.63) is 0 Å². The zero-order chi connectivity index (χ0) is 10.2. The minimum absolute atomic E-state index is 0. The number of rotatable bonds is 8. The first kappa shape index (κ1) is 18.9. The average molecular weight is 305 g/mol. The van der Waals surface area contributed by atoms with Crippen molar-refractivity contribution in [1.29, 1.82) is 0 Å². The maximum absolute atomic E-state index is 5.46. The summed E-state index contributed by atoms with van der Waals surface area (Å²) in [6, 6.07) is 0. The van der Waals surface area contributed by atoms with Gasteiger partial charge in [0.1, 0.15) is 0 Å². The van der Waals surface area contributed by atoms with Gasteiger partial charge < -0.3 is 21.3 Å². The van der Waals surface area contributed by atoms with Crippen LogP contribution in [0.4, 0.5) is 0 Å². The van der Waals surface area contributed by atoms with Gasteiger partial charge in [0.2, 0.25) is 0 Å². The SMILES string of the molecule is S=P([S-])(OCCCCl)OCCCCl.[Na+]. The van der Waals surface area contributed by atoms with Crippen molar-refractivity contribution < 1.29 is 38.6 Å². The van der Waals surface area contributed by atoms with E-state index in [1.54, 1.807) is 0 Å². The molecule has 0 aliphatic heterocycles. The zero-order valence-corrected chi connectivity index (χ0v) is 14.1. The Hall–Kier alpha value is 2.50. The van der Waals surface area contributed by atoms with Crippen LogP contribution in [0.2, 0.25) is 0 Å². The molecule has 0 saturated heterocycles. The first-order chi connectivity index (χ1) is 6.12. The molecule has 0 aliphatic rings. The molecule has 2 nitrogen and oxygen atoms in total. The number of hydrogen-bond donors (Lipinski definition) is 0. The third kappa shape index (κ3) is 12.6. The molecule has 0 aromatic carbocycles. The van der Waals surface area contributed by atoms with E-state index in [0.29, 0.717) is 25.0 Å². The molecule has 14 heavy (non-hydrogen) atoms. The predicted molar refractivity (Wildman–Crippen MR) is 64.2 cm³/mol. The van der Waals surface area contributed by atoms with E-state index in [9.17, 15) is 0 Å². The van der Waals surface area contributed by atoms with Crippen LogP contribution in [0, 0.1) is 0 Å². The fourth-order valence-corrected chi connectivity index (χ4v) is 2.39. The maximum atomic E-state index is 5.46. The van der Waals surface area contributed by atoms with Gasteiger partial charge in [-0.1, -0.05) is 11.8 Å². The van der Waals surface area contributed by atoms with E-state index in [0.717, 1.165) is 12.8 Å². The molecule has 0 heterocycles. The van der Waals surface area contributed by atoms with Crippen LogP contribution in [0.1, 0.15) is 12.8 Å². The van der Waals surface area contributed by atoms with Gasteiger partial charge in [-0.15, -0.1) is 23.2 Å². The molecule has 0 aromatic heterocycles. The van der Waals surface area contributed by atoms with Gasteiger partial charge in [-0.2, -0.15) is 0 Å². The zero-order valence-electron chi connectivity index (χ0n) is 8.08. The van der Waals surface area contributed by atoms with Crippen molar-refractivity contribution in [1.82, 2.24) is 0 Å². The minimum Gasteiger partial charge on any atom is -0.691 e. The van der Waals surface area contributed by atoms with Gasteiger partial charge in [-0.3, -0.25) is 0 Å². The van der Waals surface area contributed by atoms with Crippen LogP contribution in [0.3, 0.4) is 0 Å². The molecule has 0 N–H and O–H groups in total. The first-order valence-corrected chi connectivity index (χ1v) is 8.56. The molecule has 0 unspecified atom stereocenters. The smallest absolute Gasteiger partial charge is 0.691 e. The molecule has 0 aromatic rings. The van der Waals surface area contributed by atoms with Gasteiger partial charge in [-0.25, -0.2) is 0 Å². The monoisotopic (exact) mass is 304 g/mol. The fraction of sp³-hybridized carbons (Fsp3) is 1.00. The van der Waals surface area contributed by atoms with Crippen LogP contribution in [0.25, 0.3) is 0 Å². The van der Waals surface area contributed by atoms with E-state index >= 15 is 0 Å². The second-order valence-electron chi connectivity index (χ2n) is 2.20. The van der Waals surface area contributed by atoms with E-state index < -0.39 is 5.69 Å². The van der Waals surface area contributed by atoms with Crippen LogP contribution >= 0.6 is 28.9 Å². The van der Waals surface area contributed by atoms with Crippen LogP contribution in [0.5, 0.6) is 0 Å². The molecule has 80 valence electrons. The van der Waals surface area contributed by atoms with Gasteiger partial charge in [0.05, 0.1) is 18.9 Å². The van der Waals surface area contributed by atoms with Gasteiger partial charge in [0.15, 0.2) is 0 Å². The Morgan fingerprint density at radius 2 is 1.43 bits per heavy atom. The molecule has 0 fully saturated rings. The Labute approximate surface area is 128 Å². The molecule has 0 saturated carbocycles. The molecule has 0 atom stereocenters. The second-order valence-corrected chi connectivity index (χ2v) is 7.94. The molecule has 0 amide bonds. The summed E-state index contributed by atoms with van der Waals surface area (Å²) in [6.45, 7) is 0.955. The quantitative estimate of drug-likeness (QED) is 0.207. The van der Waals surface area contributed by atoms with E-state index in [1.807, 2.05) is 0 Å².